The highest BCUT2D eigenvalue weighted by molar-refractivity contribution is 7.99. The van der Waals surface area contributed by atoms with E-state index in [4.69, 9.17) is 5.26 Å². The van der Waals surface area contributed by atoms with Crippen LogP contribution >= 0.6 is 11.8 Å². The fourth-order valence-electron chi connectivity index (χ4n) is 1.04. The zero-order valence-corrected chi connectivity index (χ0v) is 9.84. The SMILES string of the molecule is CNC(C)(C#N)CCSc1ccncc1. The second-order valence-electron chi connectivity index (χ2n) is 3.48. The number of aromatic nitrogens is 1. The number of nitrogens with zero attached hydrogens (tertiary/aromatic N) is 2. The first kappa shape index (κ1) is 12.0. The zero-order chi connectivity index (χ0) is 11.1. The second-order valence-corrected chi connectivity index (χ2v) is 4.64. The molecule has 1 atom stereocenters. The predicted molar refractivity (Wildman–Crippen MR) is 62.7 cm³/mol. The molecule has 0 aromatic carbocycles. The Labute approximate surface area is 94.9 Å². The van der Waals surface area contributed by atoms with Gasteiger partial charge in [0.1, 0.15) is 5.54 Å². The lowest BCUT2D eigenvalue weighted by atomic mass is 10.0. The fourth-order valence-corrected chi connectivity index (χ4v) is 2.10. The summed E-state index contributed by atoms with van der Waals surface area (Å²) in [6.45, 7) is 1.92. The van der Waals surface area contributed by atoms with E-state index in [-0.39, 0.29) is 0 Å². The minimum Gasteiger partial charge on any atom is -0.303 e. The van der Waals surface area contributed by atoms with Crippen LogP contribution in [0.25, 0.3) is 0 Å². The van der Waals surface area contributed by atoms with Crippen LogP contribution in [0.2, 0.25) is 0 Å². The summed E-state index contributed by atoms with van der Waals surface area (Å²) in [5, 5.41) is 12.0. The van der Waals surface area contributed by atoms with E-state index in [9.17, 15) is 0 Å². The Hall–Kier alpha value is -1.05. The van der Waals surface area contributed by atoms with Crippen molar-refractivity contribution in [1.29, 1.82) is 5.26 Å². The number of thioether (sulfide) groups is 1. The summed E-state index contributed by atoms with van der Waals surface area (Å²) in [6, 6.07) is 6.24. The molecule has 1 rings (SSSR count). The quantitative estimate of drug-likeness (QED) is 0.773. The lowest BCUT2D eigenvalue weighted by molar-refractivity contribution is 0.480. The van der Waals surface area contributed by atoms with Gasteiger partial charge in [-0.15, -0.1) is 11.8 Å². The summed E-state index contributed by atoms with van der Waals surface area (Å²) in [7, 11) is 1.82. The molecule has 1 unspecified atom stereocenters. The maximum Gasteiger partial charge on any atom is 0.104 e. The number of nitriles is 1. The van der Waals surface area contributed by atoms with Gasteiger partial charge in [-0.3, -0.25) is 4.98 Å². The van der Waals surface area contributed by atoms with E-state index >= 15 is 0 Å². The normalized spacial score (nSPS) is 14.2. The van der Waals surface area contributed by atoms with Crippen molar-refractivity contribution in [3.05, 3.63) is 24.5 Å². The largest absolute Gasteiger partial charge is 0.303 e. The molecule has 0 aliphatic rings. The third kappa shape index (κ3) is 3.90. The van der Waals surface area contributed by atoms with Crippen molar-refractivity contribution in [3.8, 4) is 6.07 Å². The van der Waals surface area contributed by atoms with Crippen molar-refractivity contribution in [3.63, 3.8) is 0 Å². The molecule has 0 saturated carbocycles. The first-order valence-corrected chi connectivity index (χ1v) is 5.82. The van der Waals surface area contributed by atoms with E-state index in [2.05, 4.69) is 16.4 Å². The molecule has 15 heavy (non-hydrogen) atoms. The molecule has 80 valence electrons. The molecule has 0 spiro atoms. The Bertz CT molecular complexity index is 333. The van der Waals surface area contributed by atoms with Crippen LogP contribution in [0, 0.1) is 11.3 Å². The van der Waals surface area contributed by atoms with Crippen molar-refractivity contribution < 1.29 is 0 Å². The lowest BCUT2D eigenvalue weighted by Gasteiger charge is -2.19. The van der Waals surface area contributed by atoms with Crippen LogP contribution in [-0.2, 0) is 0 Å². The molecule has 0 bridgehead atoms. The molecule has 0 amide bonds. The summed E-state index contributed by atoms with van der Waals surface area (Å²) in [5.41, 5.74) is -0.417. The Morgan fingerprint density at radius 2 is 2.20 bits per heavy atom. The predicted octanol–water partition coefficient (Wildman–Crippen LogP) is 2.07. The highest BCUT2D eigenvalue weighted by atomic mass is 32.2. The van der Waals surface area contributed by atoms with Crippen molar-refractivity contribution >= 4 is 11.8 Å². The lowest BCUT2D eigenvalue weighted by Crippen LogP contribution is -2.38. The average Bonchev–Trinajstić information content (AvgIpc) is 2.30. The maximum absolute atomic E-state index is 8.95. The Kier molecular flexibility index (Phi) is 4.60. The van der Waals surface area contributed by atoms with Crippen LogP contribution in [0.4, 0.5) is 0 Å². The van der Waals surface area contributed by atoms with Gasteiger partial charge in [0.15, 0.2) is 0 Å². The second kappa shape index (κ2) is 5.74. The smallest absolute Gasteiger partial charge is 0.104 e. The van der Waals surface area contributed by atoms with Gasteiger partial charge in [0.2, 0.25) is 0 Å². The monoisotopic (exact) mass is 221 g/mol. The van der Waals surface area contributed by atoms with E-state index in [1.807, 2.05) is 26.1 Å². The van der Waals surface area contributed by atoms with Gasteiger partial charge in [-0.1, -0.05) is 0 Å². The van der Waals surface area contributed by atoms with E-state index in [1.165, 1.54) is 4.90 Å². The molecule has 1 heterocycles. The molecule has 1 aromatic rings. The molecule has 3 nitrogen and oxygen atoms in total. The molecule has 0 aliphatic carbocycles. The number of hydrogen-bond acceptors (Lipinski definition) is 4. The van der Waals surface area contributed by atoms with Crippen molar-refractivity contribution in [2.45, 2.75) is 23.8 Å². The maximum atomic E-state index is 8.95. The number of rotatable bonds is 5. The van der Waals surface area contributed by atoms with E-state index in [1.54, 1.807) is 24.2 Å². The van der Waals surface area contributed by atoms with Crippen LogP contribution in [0.15, 0.2) is 29.4 Å². The van der Waals surface area contributed by atoms with Crippen molar-refractivity contribution in [2.24, 2.45) is 0 Å². The minimum atomic E-state index is -0.417. The van der Waals surface area contributed by atoms with Crippen LogP contribution in [0.3, 0.4) is 0 Å². The summed E-state index contributed by atoms with van der Waals surface area (Å²) in [5.74, 6) is 0.926. The van der Waals surface area contributed by atoms with Crippen molar-refractivity contribution in [2.75, 3.05) is 12.8 Å². The number of pyridine rings is 1. The summed E-state index contributed by atoms with van der Waals surface area (Å²) >= 11 is 1.75. The first-order chi connectivity index (χ1) is 7.20. The van der Waals surface area contributed by atoms with Crippen LogP contribution in [0.5, 0.6) is 0 Å². The molecule has 0 saturated heterocycles. The molecule has 0 fully saturated rings. The molecule has 0 radical (unpaired) electrons. The van der Waals surface area contributed by atoms with Gasteiger partial charge >= 0.3 is 0 Å². The first-order valence-electron chi connectivity index (χ1n) is 4.83. The molecular formula is C11H15N3S. The molecular weight excluding hydrogens is 206 g/mol. The highest BCUT2D eigenvalue weighted by Crippen LogP contribution is 2.20. The van der Waals surface area contributed by atoms with E-state index in [0.29, 0.717) is 0 Å². The van der Waals surface area contributed by atoms with Gasteiger partial charge in [-0.25, -0.2) is 0 Å². The summed E-state index contributed by atoms with van der Waals surface area (Å²) in [4.78, 5) is 5.15. The standard InChI is InChI=1S/C11H15N3S/c1-11(9-12,13-2)5-8-15-10-3-6-14-7-4-10/h3-4,6-7,13H,5,8H2,1-2H3. The van der Waals surface area contributed by atoms with Gasteiger partial charge in [-0.2, -0.15) is 5.26 Å². The minimum absolute atomic E-state index is 0.417. The summed E-state index contributed by atoms with van der Waals surface area (Å²) in [6.07, 6.45) is 4.39. The van der Waals surface area contributed by atoms with Crippen LogP contribution < -0.4 is 5.32 Å². The van der Waals surface area contributed by atoms with E-state index < -0.39 is 5.54 Å². The Morgan fingerprint density at radius 1 is 1.53 bits per heavy atom. The molecule has 1 N–H and O–H groups in total. The third-order valence-corrected chi connectivity index (χ3v) is 3.33. The molecule has 4 heteroatoms. The Morgan fingerprint density at radius 3 is 2.73 bits per heavy atom. The van der Waals surface area contributed by atoms with Gasteiger partial charge in [0.05, 0.1) is 6.07 Å². The van der Waals surface area contributed by atoms with Crippen molar-refractivity contribution in [1.82, 2.24) is 10.3 Å². The molecule has 1 aromatic heterocycles. The summed E-state index contributed by atoms with van der Waals surface area (Å²) < 4.78 is 0. The van der Waals surface area contributed by atoms with Crippen LogP contribution in [-0.4, -0.2) is 23.3 Å². The van der Waals surface area contributed by atoms with Crippen LogP contribution in [0.1, 0.15) is 13.3 Å². The third-order valence-electron chi connectivity index (χ3n) is 2.32. The fraction of sp³-hybridized carbons (Fsp3) is 0.455. The topological polar surface area (TPSA) is 48.7 Å². The Balaban J connectivity index is 2.37. The zero-order valence-electron chi connectivity index (χ0n) is 9.03. The van der Waals surface area contributed by atoms with Gasteiger partial charge < -0.3 is 5.32 Å². The number of hydrogen-bond donors (Lipinski definition) is 1. The molecule has 0 aliphatic heterocycles. The van der Waals surface area contributed by atoms with Gasteiger partial charge in [0.25, 0.3) is 0 Å². The van der Waals surface area contributed by atoms with Gasteiger partial charge in [-0.05, 0) is 32.5 Å². The van der Waals surface area contributed by atoms with Gasteiger partial charge in [0, 0.05) is 23.0 Å². The van der Waals surface area contributed by atoms with E-state index in [0.717, 1.165) is 12.2 Å². The highest BCUT2D eigenvalue weighted by Gasteiger charge is 2.20. The average molecular weight is 221 g/mol. The number of nitrogens with one attached hydrogen (secondary N) is 1.